The van der Waals surface area contributed by atoms with E-state index in [1.54, 1.807) is 6.92 Å². The van der Waals surface area contributed by atoms with Crippen molar-refractivity contribution in [2.24, 2.45) is 0 Å². The topological polar surface area (TPSA) is 89.9 Å². The van der Waals surface area contributed by atoms with Gasteiger partial charge < -0.3 is 10.1 Å². The Morgan fingerprint density at radius 1 is 1.27 bits per heavy atom. The summed E-state index contributed by atoms with van der Waals surface area (Å²) in [5, 5.41) is 3.85. The Morgan fingerprint density at radius 3 is 2.57 bits per heavy atom. The quantitative estimate of drug-likeness (QED) is 0.395. The summed E-state index contributed by atoms with van der Waals surface area (Å²) in [5.41, 5.74) is 1.74. The van der Waals surface area contributed by atoms with Crippen molar-refractivity contribution in [2.75, 3.05) is 19.3 Å². The molecule has 1 unspecified atom stereocenters. The molecule has 1 fully saturated rings. The van der Waals surface area contributed by atoms with Gasteiger partial charge in [0.15, 0.2) is 17.5 Å². The highest BCUT2D eigenvalue weighted by molar-refractivity contribution is 7.98. The molecule has 7 nitrogen and oxygen atoms in total. The number of hydrogen-bond acceptors (Lipinski definition) is 8. The van der Waals surface area contributed by atoms with Gasteiger partial charge in [-0.2, -0.15) is 18.2 Å². The number of hydrogen-bond donors (Lipinski definition) is 1. The van der Waals surface area contributed by atoms with E-state index in [2.05, 4.69) is 25.3 Å². The molecule has 2 aromatic heterocycles. The van der Waals surface area contributed by atoms with Gasteiger partial charge in [0, 0.05) is 29.4 Å². The Hall–Kier alpha value is -1.98. The lowest BCUT2D eigenvalue weighted by molar-refractivity contribution is -0.145. The molecule has 0 spiro atoms. The van der Waals surface area contributed by atoms with Crippen LogP contribution < -0.4 is 10.1 Å². The summed E-state index contributed by atoms with van der Waals surface area (Å²) in [6.07, 6.45) is -0.899. The average Bonchev–Trinajstić information content (AvgIpc) is 2.72. The van der Waals surface area contributed by atoms with Crippen LogP contribution in [0.15, 0.2) is 17.4 Å². The number of nitrogens with one attached hydrogen (secondary N) is 1. The number of aldehydes is 1. The molecule has 1 saturated heterocycles. The largest absolute Gasteiger partial charge is 0.461 e. The second kappa shape index (κ2) is 10.4. The van der Waals surface area contributed by atoms with Crippen molar-refractivity contribution in [3.05, 3.63) is 35.0 Å². The summed E-state index contributed by atoms with van der Waals surface area (Å²) in [6, 6.07) is 1.18. The highest BCUT2D eigenvalue weighted by Gasteiger charge is 2.35. The molecule has 1 aliphatic heterocycles. The summed E-state index contributed by atoms with van der Waals surface area (Å²) in [5.74, 6) is -1.57. The SMILES string of the molecule is CSc1nc(C)c(C(C=O)Oc2ccnc(C(F)(F)F)n2)c(C2CCNCC2)n1.Cl. The lowest BCUT2D eigenvalue weighted by Gasteiger charge is -2.27. The van der Waals surface area contributed by atoms with Crippen LogP contribution in [0.1, 0.15) is 47.6 Å². The number of carbonyl (C=O) groups is 1. The normalized spacial score (nSPS) is 15.9. The Morgan fingerprint density at radius 2 is 1.97 bits per heavy atom. The number of thioether (sulfide) groups is 1. The number of aryl methyl sites for hydroxylation is 1. The summed E-state index contributed by atoms with van der Waals surface area (Å²) >= 11 is 1.39. The smallest absolute Gasteiger partial charge is 0.451 e. The molecule has 0 radical (unpaired) electrons. The van der Waals surface area contributed by atoms with Crippen LogP contribution >= 0.6 is 24.2 Å². The third kappa shape index (κ3) is 5.58. The first-order valence-corrected chi connectivity index (χ1v) is 10.2. The Kier molecular flexibility index (Phi) is 8.39. The van der Waals surface area contributed by atoms with Crippen LogP contribution in [-0.4, -0.2) is 45.6 Å². The molecule has 2 aromatic rings. The first-order valence-electron chi connectivity index (χ1n) is 8.98. The summed E-state index contributed by atoms with van der Waals surface area (Å²) in [7, 11) is 0. The molecule has 1 atom stereocenters. The first-order chi connectivity index (χ1) is 13.8. The highest BCUT2D eigenvalue weighted by Crippen LogP contribution is 2.34. The van der Waals surface area contributed by atoms with E-state index in [1.807, 2.05) is 6.26 Å². The summed E-state index contributed by atoms with van der Waals surface area (Å²) in [4.78, 5) is 27.5. The van der Waals surface area contributed by atoms with Crippen LogP contribution in [0.5, 0.6) is 5.88 Å². The van der Waals surface area contributed by atoms with E-state index in [9.17, 15) is 18.0 Å². The van der Waals surface area contributed by atoms with Gasteiger partial charge in [0.25, 0.3) is 0 Å². The molecule has 12 heteroatoms. The van der Waals surface area contributed by atoms with Gasteiger partial charge in [-0.3, -0.25) is 4.79 Å². The van der Waals surface area contributed by atoms with E-state index >= 15 is 0 Å². The minimum Gasteiger partial charge on any atom is -0.461 e. The Bertz CT molecular complexity index is 881. The van der Waals surface area contributed by atoms with Crippen molar-refractivity contribution < 1.29 is 22.7 Å². The number of nitrogens with zero attached hydrogens (tertiary/aromatic N) is 4. The molecule has 1 aliphatic rings. The van der Waals surface area contributed by atoms with Gasteiger partial charge in [0.1, 0.15) is 0 Å². The van der Waals surface area contributed by atoms with Crippen molar-refractivity contribution in [1.82, 2.24) is 25.3 Å². The van der Waals surface area contributed by atoms with Crippen LogP contribution in [0, 0.1) is 6.92 Å². The second-order valence-electron chi connectivity index (χ2n) is 6.51. The summed E-state index contributed by atoms with van der Waals surface area (Å²) < 4.78 is 44.2. The maximum Gasteiger partial charge on any atom is 0.451 e. The van der Waals surface area contributed by atoms with Crippen molar-refractivity contribution in [3.8, 4) is 5.88 Å². The fourth-order valence-electron chi connectivity index (χ4n) is 3.26. The summed E-state index contributed by atoms with van der Waals surface area (Å²) in [6.45, 7) is 3.37. The van der Waals surface area contributed by atoms with Crippen LogP contribution in [0.25, 0.3) is 0 Å². The molecule has 0 bridgehead atoms. The van der Waals surface area contributed by atoms with Crippen molar-refractivity contribution in [2.45, 2.75) is 43.1 Å². The molecular formula is C18H21ClF3N5O2S. The number of halogens is 4. The lowest BCUT2D eigenvalue weighted by Crippen LogP contribution is -2.29. The van der Waals surface area contributed by atoms with E-state index < -0.39 is 18.1 Å². The first kappa shape index (κ1) is 24.3. The molecule has 30 heavy (non-hydrogen) atoms. The molecule has 1 N–H and O–H groups in total. The van der Waals surface area contributed by atoms with Crippen molar-refractivity contribution >= 4 is 30.5 Å². The van der Waals surface area contributed by atoms with Gasteiger partial charge in [-0.15, -0.1) is 12.4 Å². The maximum atomic E-state index is 12.9. The van der Waals surface area contributed by atoms with E-state index in [0.29, 0.717) is 28.4 Å². The standard InChI is InChI=1S/C18H20F3N5O2S.ClH/c1-10-14(15(26-17(24-10)29-2)11-3-6-22-7-4-11)12(9-27)28-13-5-8-23-16(25-13)18(19,20)21;/h5,8-9,11-12,22H,3-4,6-7H2,1-2H3;1H. The van der Waals surface area contributed by atoms with Gasteiger partial charge in [-0.05, 0) is 39.1 Å². The monoisotopic (exact) mass is 463 g/mol. The number of alkyl halides is 3. The number of rotatable bonds is 6. The van der Waals surface area contributed by atoms with Crippen LogP contribution in [0.2, 0.25) is 0 Å². The number of carbonyl (C=O) groups excluding carboxylic acids is 1. The lowest BCUT2D eigenvalue weighted by atomic mass is 9.89. The van der Waals surface area contributed by atoms with Crippen molar-refractivity contribution in [3.63, 3.8) is 0 Å². The van der Waals surface area contributed by atoms with Gasteiger partial charge in [0.2, 0.25) is 11.7 Å². The fraction of sp³-hybridized carbons (Fsp3) is 0.500. The zero-order valence-electron chi connectivity index (χ0n) is 16.3. The van der Waals surface area contributed by atoms with Crippen LogP contribution in [-0.2, 0) is 11.0 Å². The molecular weight excluding hydrogens is 443 g/mol. The second-order valence-corrected chi connectivity index (χ2v) is 7.28. The Labute approximate surface area is 182 Å². The van der Waals surface area contributed by atoms with Crippen LogP contribution in [0.4, 0.5) is 13.2 Å². The highest BCUT2D eigenvalue weighted by atomic mass is 35.5. The molecule has 0 saturated carbocycles. The molecule has 0 amide bonds. The number of aromatic nitrogens is 4. The molecule has 3 heterocycles. The predicted molar refractivity (Wildman–Crippen MR) is 107 cm³/mol. The molecule has 164 valence electrons. The van der Waals surface area contributed by atoms with Gasteiger partial charge in [-0.25, -0.2) is 15.0 Å². The minimum atomic E-state index is -4.71. The third-order valence-electron chi connectivity index (χ3n) is 4.59. The van der Waals surface area contributed by atoms with Gasteiger partial charge in [0.05, 0.1) is 5.69 Å². The Balaban J connectivity index is 0.00000320. The van der Waals surface area contributed by atoms with E-state index in [-0.39, 0.29) is 24.2 Å². The molecule has 0 aliphatic carbocycles. The van der Waals surface area contributed by atoms with E-state index in [1.165, 1.54) is 17.8 Å². The molecule has 3 rings (SSSR count). The fourth-order valence-corrected chi connectivity index (χ4v) is 3.67. The third-order valence-corrected chi connectivity index (χ3v) is 5.14. The number of piperidine rings is 1. The predicted octanol–water partition coefficient (Wildman–Crippen LogP) is 3.52. The van der Waals surface area contributed by atoms with E-state index in [0.717, 1.165) is 32.1 Å². The van der Waals surface area contributed by atoms with Gasteiger partial charge >= 0.3 is 6.18 Å². The van der Waals surface area contributed by atoms with Crippen LogP contribution in [0.3, 0.4) is 0 Å². The zero-order chi connectivity index (χ0) is 21.0. The maximum absolute atomic E-state index is 12.9. The van der Waals surface area contributed by atoms with Gasteiger partial charge in [-0.1, -0.05) is 11.8 Å². The van der Waals surface area contributed by atoms with Crippen molar-refractivity contribution in [1.29, 1.82) is 0 Å². The number of ether oxygens (including phenoxy) is 1. The average molecular weight is 464 g/mol. The molecule has 0 aromatic carbocycles. The zero-order valence-corrected chi connectivity index (χ0v) is 17.9. The minimum absolute atomic E-state index is 0. The van der Waals surface area contributed by atoms with E-state index in [4.69, 9.17) is 4.74 Å².